The zero-order valence-electron chi connectivity index (χ0n) is 17.9. The summed E-state index contributed by atoms with van der Waals surface area (Å²) < 4.78 is 10.3. The van der Waals surface area contributed by atoms with Crippen molar-refractivity contribution in [3.8, 4) is 17.0 Å². The van der Waals surface area contributed by atoms with Gasteiger partial charge in [-0.05, 0) is 56.3 Å². The van der Waals surface area contributed by atoms with E-state index >= 15 is 0 Å². The van der Waals surface area contributed by atoms with Gasteiger partial charge in [0.1, 0.15) is 5.75 Å². The number of amides is 1. The lowest BCUT2D eigenvalue weighted by molar-refractivity contribution is -0.113. The number of nitrogens with one attached hydrogen (secondary N) is 2. The number of carbonyl (C=O) groups is 2. The maximum atomic E-state index is 12.4. The van der Waals surface area contributed by atoms with Gasteiger partial charge in [0, 0.05) is 17.3 Å². The lowest BCUT2D eigenvalue weighted by atomic mass is 10.1. The summed E-state index contributed by atoms with van der Waals surface area (Å²) in [6, 6.07) is 15.1. The molecule has 0 atom stereocenters. The molecule has 0 fully saturated rings. The molecule has 0 saturated carbocycles. The first kappa shape index (κ1) is 23.1. The summed E-state index contributed by atoms with van der Waals surface area (Å²) in [5.41, 5.74) is 1.76. The van der Waals surface area contributed by atoms with E-state index in [2.05, 4.69) is 15.3 Å². The summed E-state index contributed by atoms with van der Waals surface area (Å²) in [6.45, 7) is 3.53. The van der Waals surface area contributed by atoms with Gasteiger partial charge in [-0.25, -0.2) is 9.78 Å². The minimum absolute atomic E-state index is 0.0235. The van der Waals surface area contributed by atoms with Gasteiger partial charge in [0.2, 0.25) is 5.91 Å². The summed E-state index contributed by atoms with van der Waals surface area (Å²) >= 11 is 1.10. The van der Waals surface area contributed by atoms with Crippen molar-refractivity contribution < 1.29 is 19.1 Å². The van der Waals surface area contributed by atoms with E-state index < -0.39 is 5.97 Å². The van der Waals surface area contributed by atoms with Gasteiger partial charge >= 0.3 is 5.97 Å². The molecule has 3 aromatic rings. The number of hydrogen-bond donors (Lipinski definition) is 2. The number of thioether (sulfide) groups is 1. The smallest absolute Gasteiger partial charge is 0.338 e. The largest absolute Gasteiger partial charge is 0.497 e. The quantitative estimate of drug-likeness (QED) is 0.304. The van der Waals surface area contributed by atoms with E-state index in [-0.39, 0.29) is 23.3 Å². The number of nitrogens with zero attached hydrogens (tertiary/aromatic N) is 1. The fourth-order valence-corrected chi connectivity index (χ4v) is 3.43. The van der Waals surface area contributed by atoms with Crippen molar-refractivity contribution in [2.45, 2.75) is 25.1 Å². The summed E-state index contributed by atoms with van der Waals surface area (Å²) in [4.78, 5) is 43.5. The number of anilines is 1. The van der Waals surface area contributed by atoms with Crippen molar-refractivity contribution in [3.05, 3.63) is 70.5 Å². The van der Waals surface area contributed by atoms with Crippen LogP contribution in [0.2, 0.25) is 0 Å². The highest BCUT2D eigenvalue weighted by Crippen LogP contribution is 2.22. The standard InChI is InChI=1S/C23H23N3O5S/c1-14(2)31-22(29)16-5-4-6-17(11-16)24-21(28)13-32-23-25-19(12-20(27)26-23)15-7-9-18(30-3)10-8-15/h4-12,14H,13H2,1-3H3,(H,24,28)(H,25,26,27). The number of esters is 1. The average Bonchev–Trinajstić information content (AvgIpc) is 2.77. The van der Waals surface area contributed by atoms with Gasteiger partial charge in [0.15, 0.2) is 5.16 Å². The molecule has 3 rings (SSSR count). The van der Waals surface area contributed by atoms with E-state index in [1.165, 1.54) is 6.07 Å². The first-order valence-corrected chi connectivity index (χ1v) is 10.8. The molecule has 0 aliphatic carbocycles. The number of H-pyrrole nitrogens is 1. The van der Waals surface area contributed by atoms with Crippen molar-refractivity contribution in [1.29, 1.82) is 0 Å². The Morgan fingerprint density at radius 1 is 1.12 bits per heavy atom. The Hall–Kier alpha value is -3.59. The number of aromatic nitrogens is 2. The van der Waals surface area contributed by atoms with Gasteiger partial charge in [-0.15, -0.1) is 0 Å². The van der Waals surface area contributed by atoms with E-state index in [1.54, 1.807) is 69.5 Å². The van der Waals surface area contributed by atoms with Crippen LogP contribution in [0.3, 0.4) is 0 Å². The number of hydrogen-bond acceptors (Lipinski definition) is 7. The lowest BCUT2D eigenvalue weighted by Gasteiger charge is -2.10. The van der Waals surface area contributed by atoms with E-state index in [9.17, 15) is 14.4 Å². The number of methoxy groups -OCH3 is 1. The van der Waals surface area contributed by atoms with Gasteiger partial charge in [-0.2, -0.15) is 0 Å². The van der Waals surface area contributed by atoms with Gasteiger partial charge in [-0.1, -0.05) is 17.8 Å². The monoisotopic (exact) mass is 453 g/mol. The second-order valence-electron chi connectivity index (χ2n) is 7.04. The molecule has 0 radical (unpaired) electrons. The molecule has 0 bridgehead atoms. The fraction of sp³-hybridized carbons (Fsp3) is 0.217. The number of benzene rings is 2. The Morgan fingerprint density at radius 3 is 2.56 bits per heavy atom. The Balaban J connectivity index is 1.64. The van der Waals surface area contributed by atoms with Crippen LogP contribution in [0.5, 0.6) is 5.75 Å². The fourth-order valence-electron chi connectivity index (χ4n) is 2.75. The lowest BCUT2D eigenvalue weighted by Crippen LogP contribution is -2.16. The Kier molecular flexibility index (Phi) is 7.67. The van der Waals surface area contributed by atoms with Crippen molar-refractivity contribution in [1.82, 2.24) is 9.97 Å². The van der Waals surface area contributed by atoms with Crippen LogP contribution in [0.25, 0.3) is 11.3 Å². The van der Waals surface area contributed by atoms with Gasteiger partial charge in [0.25, 0.3) is 5.56 Å². The zero-order valence-corrected chi connectivity index (χ0v) is 18.7. The van der Waals surface area contributed by atoms with Gasteiger partial charge in [0.05, 0.1) is 30.2 Å². The highest BCUT2D eigenvalue weighted by Gasteiger charge is 2.12. The normalized spacial score (nSPS) is 10.6. The minimum atomic E-state index is -0.456. The molecular formula is C23H23N3O5S. The summed E-state index contributed by atoms with van der Waals surface area (Å²) in [7, 11) is 1.58. The van der Waals surface area contributed by atoms with Gasteiger partial charge < -0.3 is 19.8 Å². The van der Waals surface area contributed by atoms with Crippen molar-refractivity contribution in [2.75, 3.05) is 18.2 Å². The minimum Gasteiger partial charge on any atom is -0.497 e. The van der Waals surface area contributed by atoms with Crippen molar-refractivity contribution >= 4 is 29.3 Å². The van der Waals surface area contributed by atoms with Crippen molar-refractivity contribution in [3.63, 3.8) is 0 Å². The molecular weight excluding hydrogens is 430 g/mol. The zero-order chi connectivity index (χ0) is 23.1. The third kappa shape index (κ3) is 6.45. The van der Waals surface area contributed by atoms with Gasteiger partial charge in [-0.3, -0.25) is 9.59 Å². The molecule has 8 nitrogen and oxygen atoms in total. The molecule has 1 amide bonds. The predicted molar refractivity (Wildman–Crippen MR) is 123 cm³/mol. The second kappa shape index (κ2) is 10.6. The third-order valence-electron chi connectivity index (χ3n) is 4.17. The maximum absolute atomic E-state index is 12.4. The Morgan fingerprint density at radius 2 is 1.88 bits per heavy atom. The number of rotatable bonds is 8. The molecule has 0 saturated heterocycles. The number of carbonyl (C=O) groups excluding carboxylic acids is 2. The SMILES string of the molecule is COc1ccc(-c2cc(=O)[nH]c(SCC(=O)Nc3cccc(C(=O)OC(C)C)c3)n2)cc1. The maximum Gasteiger partial charge on any atom is 0.338 e. The molecule has 1 heterocycles. The molecule has 1 aromatic heterocycles. The van der Waals surface area contributed by atoms with E-state index in [1.807, 2.05) is 0 Å². The first-order chi connectivity index (χ1) is 15.3. The number of aromatic amines is 1. The summed E-state index contributed by atoms with van der Waals surface area (Å²) in [5.74, 6) is -0.0359. The molecule has 0 aliphatic heterocycles. The molecule has 2 N–H and O–H groups in total. The number of ether oxygens (including phenoxy) is 2. The molecule has 0 aliphatic rings. The Bertz CT molecular complexity index is 1160. The van der Waals surface area contributed by atoms with Crippen LogP contribution in [0.1, 0.15) is 24.2 Å². The third-order valence-corrected chi connectivity index (χ3v) is 5.04. The van der Waals surface area contributed by atoms with Crippen LogP contribution >= 0.6 is 11.8 Å². The molecule has 0 spiro atoms. The highest BCUT2D eigenvalue weighted by atomic mass is 32.2. The van der Waals surface area contributed by atoms with Crippen LogP contribution < -0.4 is 15.6 Å². The highest BCUT2D eigenvalue weighted by molar-refractivity contribution is 7.99. The molecule has 9 heteroatoms. The average molecular weight is 454 g/mol. The molecule has 32 heavy (non-hydrogen) atoms. The van der Waals surface area contributed by atoms with Crippen LogP contribution in [-0.2, 0) is 9.53 Å². The van der Waals surface area contributed by atoms with E-state index in [0.717, 1.165) is 17.3 Å². The Labute approximate surface area is 189 Å². The first-order valence-electron chi connectivity index (χ1n) is 9.83. The van der Waals surface area contributed by atoms with Crippen molar-refractivity contribution in [2.24, 2.45) is 0 Å². The topological polar surface area (TPSA) is 110 Å². The van der Waals surface area contributed by atoms with Crippen LogP contribution in [0, 0.1) is 0 Å². The second-order valence-corrected chi connectivity index (χ2v) is 8.00. The molecule has 0 unspecified atom stereocenters. The van der Waals surface area contributed by atoms with Crippen LogP contribution in [-0.4, -0.2) is 40.8 Å². The van der Waals surface area contributed by atoms with E-state index in [0.29, 0.717) is 27.9 Å². The molecule has 166 valence electrons. The van der Waals surface area contributed by atoms with E-state index in [4.69, 9.17) is 9.47 Å². The van der Waals surface area contributed by atoms with Crippen LogP contribution in [0.4, 0.5) is 5.69 Å². The summed E-state index contributed by atoms with van der Waals surface area (Å²) in [6.07, 6.45) is -0.236. The van der Waals surface area contributed by atoms with Crippen LogP contribution in [0.15, 0.2) is 64.5 Å². The molecule has 2 aromatic carbocycles. The summed E-state index contributed by atoms with van der Waals surface area (Å²) in [5, 5.41) is 3.06. The predicted octanol–water partition coefficient (Wildman–Crippen LogP) is 3.74.